The molecule has 1 saturated heterocycles. The minimum atomic E-state index is -1.63. The lowest BCUT2D eigenvalue weighted by atomic mass is 10.1. The summed E-state index contributed by atoms with van der Waals surface area (Å²) in [5, 5.41) is 11.9. The van der Waals surface area contributed by atoms with E-state index in [4.69, 9.17) is 32.7 Å². The van der Waals surface area contributed by atoms with Crippen LogP contribution in [0.25, 0.3) is 0 Å². The van der Waals surface area contributed by atoms with Crippen molar-refractivity contribution in [3.05, 3.63) is 67.7 Å². The molecule has 4 rings (SSSR count). The summed E-state index contributed by atoms with van der Waals surface area (Å²) >= 11 is 12.0. The Balaban J connectivity index is 1.78. The van der Waals surface area contributed by atoms with E-state index in [1.165, 1.54) is 23.1 Å². The van der Waals surface area contributed by atoms with Crippen molar-refractivity contribution in [3.8, 4) is 0 Å². The van der Waals surface area contributed by atoms with Crippen LogP contribution in [-0.2, 0) is 26.6 Å². The number of hydrogen-bond acceptors (Lipinski definition) is 5. The lowest BCUT2D eigenvalue weighted by Crippen LogP contribution is -2.40. The molecule has 0 radical (unpaired) electrons. The van der Waals surface area contributed by atoms with Gasteiger partial charge in [0.1, 0.15) is 0 Å². The van der Waals surface area contributed by atoms with Crippen molar-refractivity contribution in [2.75, 3.05) is 18.1 Å². The first-order valence-electron chi connectivity index (χ1n) is 7.75. The first-order chi connectivity index (χ1) is 12.4. The van der Waals surface area contributed by atoms with Crippen molar-refractivity contribution in [2.24, 2.45) is 0 Å². The Morgan fingerprint density at radius 2 is 1.85 bits per heavy atom. The molecule has 2 aliphatic heterocycles. The van der Waals surface area contributed by atoms with Crippen molar-refractivity contribution in [2.45, 2.75) is 12.3 Å². The van der Waals surface area contributed by atoms with Crippen molar-refractivity contribution in [1.82, 2.24) is 0 Å². The molecule has 0 aromatic heterocycles. The van der Waals surface area contributed by atoms with Crippen molar-refractivity contribution in [1.29, 1.82) is 0 Å². The van der Waals surface area contributed by atoms with E-state index in [0.717, 1.165) is 5.56 Å². The Morgan fingerprint density at radius 1 is 1.12 bits per heavy atom. The molecule has 0 atom stereocenters. The summed E-state index contributed by atoms with van der Waals surface area (Å²) in [5.74, 6) is -2.05. The Hall–Kier alpha value is -2.19. The Labute approximate surface area is 158 Å². The van der Waals surface area contributed by atoms with Gasteiger partial charge in [-0.1, -0.05) is 29.3 Å². The molecule has 0 aliphatic carbocycles. The number of benzene rings is 2. The quantitative estimate of drug-likeness (QED) is 0.586. The predicted octanol–water partition coefficient (Wildman–Crippen LogP) is 3.65. The molecule has 0 unspecified atom stereocenters. The van der Waals surface area contributed by atoms with Crippen LogP contribution in [0.2, 0.25) is 10.0 Å². The minimum Gasteiger partial charge on any atom is -0.336 e. The highest BCUT2D eigenvalue weighted by molar-refractivity contribution is 6.42. The topological polar surface area (TPSA) is 81.9 Å². The van der Waals surface area contributed by atoms with Gasteiger partial charge in [-0.3, -0.25) is 14.9 Å². The van der Waals surface area contributed by atoms with E-state index in [-0.39, 0.29) is 25.4 Å². The molecule has 1 fully saturated rings. The zero-order chi connectivity index (χ0) is 18.5. The number of fused-ring (bicyclic) bond motifs is 2. The monoisotopic (exact) mass is 394 g/mol. The van der Waals surface area contributed by atoms with Gasteiger partial charge in [0.25, 0.3) is 17.4 Å². The van der Waals surface area contributed by atoms with E-state index in [0.29, 0.717) is 21.3 Å². The maximum atomic E-state index is 13.1. The molecule has 0 bridgehead atoms. The van der Waals surface area contributed by atoms with Crippen LogP contribution < -0.4 is 4.90 Å². The summed E-state index contributed by atoms with van der Waals surface area (Å²) in [6.07, 6.45) is 0. The molecular weight excluding hydrogens is 383 g/mol. The summed E-state index contributed by atoms with van der Waals surface area (Å²) in [6, 6.07) is 9.28. The Kier molecular flexibility index (Phi) is 4.11. The number of carbonyl (C=O) groups is 1. The summed E-state index contributed by atoms with van der Waals surface area (Å²) in [4.78, 5) is 25.2. The van der Waals surface area contributed by atoms with Crippen molar-refractivity contribution in [3.63, 3.8) is 0 Å². The van der Waals surface area contributed by atoms with Gasteiger partial charge in [0, 0.05) is 12.1 Å². The molecular formula is C17H12Cl2N2O5. The number of non-ortho nitro benzene ring substituents is 1. The maximum absolute atomic E-state index is 13.1. The Bertz CT molecular complexity index is 927. The van der Waals surface area contributed by atoms with Gasteiger partial charge in [0.15, 0.2) is 0 Å². The second-order valence-electron chi connectivity index (χ2n) is 5.91. The van der Waals surface area contributed by atoms with Crippen LogP contribution in [0.1, 0.15) is 11.1 Å². The van der Waals surface area contributed by atoms with Crippen LogP contribution in [0.15, 0.2) is 36.4 Å². The largest absolute Gasteiger partial charge is 0.336 e. The van der Waals surface area contributed by atoms with Gasteiger partial charge in [0.05, 0.1) is 46.0 Å². The number of anilines is 1. The van der Waals surface area contributed by atoms with Gasteiger partial charge in [-0.25, -0.2) is 0 Å². The molecule has 2 aromatic rings. The van der Waals surface area contributed by atoms with E-state index in [2.05, 4.69) is 0 Å². The highest BCUT2D eigenvalue weighted by Crippen LogP contribution is 2.47. The van der Waals surface area contributed by atoms with Gasteiger partial charge in [0.2, 0.25) is 0 Å². The summed E-state index contributed by atoms with van der Waals surface area (Å²) in [5.41, 5.74) is 1.47. The highest BCUT2D eigenvalue weighted by Gasteiger charge is 2.56. The normalized spacial score (nSPS) is 17.8. The SMILES string of the molecule is O=C1N(Cc2ccc(Cl)c(Cl)c2)c2ccc([N+](=O)[O-])cc2C12OCCO2. The molecule has 7 nitrogen and oxygen atoms in total. The van der Waals surface area contributed by atoms with E-state index < -0.39 is 16.6 Å². The number of nitro groups is 1. The van der Waals surface area contributed by atoms with Gasteiger partial charge >= 0.3 is 0 Å². The number of ether oxygens (including phenoxy) is 2. The highest BCUT2D eigenvalue weighted by atomic mass is 35.5. The third kappa shape index (κ3) is 2.55. The third-order valence-corrected chi connectivity index (χ3v) is 5.12. The van der Waals surface area contributed by atoms with Gasteiger partial charge in [-0.15, -0.1) is 0 Å². The smallest absolute Gasteiger partial charge is 0.292 e. The molecule has 26 heavy (non-hydrogen) atoms. The zero-order valence-corrected chi connectivity index (χ0v) is 14.8. The number of nitrogens with zero attached hydrogens (tertiary/aromatic N) is 2. The van der Waals surface area contributed by atoms with Crippen LogP contribution >= 0.6 is 23.2 Å². The maximum Gasteiger partial charge on any atom is 0.292 e. The predicted molar refractivity (Wildman–Crippen MR) is 94.3 cm³/mol. The fraction of sp³-hybridized carbons (Fsp3) is 0.235. The van der Waals surface area contributed by atoms with Crippen molar-refractivity contribution < 1.29 is 19.2 Å². The molecule has 0 saturated carbocycles. The molecule has 2 aromatic carbocycles. The van der Waals surface area contributed by atoms with E-state index >= 15 is 0 Å². The Morgan fingerprint density at radius 3 is 2.50 bits per heavy atom. The van der Waals surface area contributed by atoms with Gasteiger partial charge < -0.3 is 14.4 Å². The lowest BCUT2D eigenvalue weighted by Gasteiger charge is -2.22. The average molecular weight is 395 g/mol. The molecule has 134 valence electrons. The van der Waals surface area contributed by atoms with Gasteiger partial charge in [-0.05, 0) is 23.8 Å². The van der Waals surface area contributed by atoms with Gasteiger partial charge in [-0.2, -0.15) is 0 Å². The fourth-order valence-electron chi connectivity index (χ4n) is 3.21. The number of carbonyl (C=O) groups excluding carboxylic acids is 1. The zero-order valence-electron chi connectivity index (χ0n) is 13.3. The minimum absolute atomic E-state index is 0.133. The van der Waals surface area contributed by atoms with Crippen LogP contribution in [0.4, 0.5) is 11.4 Å². The molecule has 1 amide bonds. The molecule has 9 heteroatoms. The number of nitro benzene ring substituents is 1. The summed E-state index contributed by atoms with van der Waals surface area (Å²) in [7, 11) is 0. The molecule has 0 N–H and O–H groups in total. The first kappa shape index (κ1) is 17.2. The third-order valence-electron chi connectivity index (χ3n) is 4.38. The second kappa shape index (κ2) is 6.21. The standard InChI is InChI=1S/C17H12Cl2N2O5/c18-13-3-1-10(7-14(13)19)9-20-15-4-2-11(21(23)24)8-12(15)17(16(20)22)25-5-6-26-17/h1-4,7-8H,5-6,9H2. The average Bonchev–Trinajstić information content (AvgIpc) is 3.19. The summed E-state index contributed by atoms with van der Waals surface area (Å²) in [6.45, 7) is 0.665. The molecule has 1 spiro atoms. The lowest BCUT2D eigenvalue weighted by molar-refractivity contribution is -0.385. The number of hydrogen-bond donors (Lipinski definition) is 0. The molecule has 2 aliphatic rings. The molecule has 2 heterocycles. The van der Waals surface area contributed by atoms with Crippen molar-refractivity contribution >= 4 is 40.5 Å². The number of rotatable bonds is 3. The van der Waals surface area contributed by atoms with E-state index in [1.807, 2.05) is 0 Å². The number of amides is 1. The van der Waals surface area contributed by atoms with Crippen LogP contribution in [-0.4, -0.2) is 24.0 Å². The second-order valence-corrected chi connectivity index (χ2v) is 6.73. The number of halogens is 2. The van der Waals surface area contributed by atoms with Crippen LogP contribution in [0.5, 0.6) is 0 Å². The van der Waals surface area contributed by atoms with E-state index in [9.17, 15) is 14.9 Å². The first-order valence-corrected chi connectivity index (χ1v) is 8.51. The van der Waals surface area contributed by atoms with Crippen LogP contribution in [0, 0.1) is 10.1 Å². The summed E-state index contributed by atoms with van der Waals surface area (Å²) < 4.78 is 11.2. The fourth-order valence-corrected chi connectivity index (χ4v) is 3.53. The van der Waals surface area contributed by atoms with Crippen LogP contribution in [0.3, 0.4) is 0 Å². The van der Waals surface area contributed by atoms with E-state index in [1.54, 1.807) is 18.2 Å².